The zero-order valence-corrected chi connectivity index (χ0v) is 14.9. The Morgan fingerprint density at radius 3 is 2.57 bits per heavy atom. The Morgan fingerprint density at radius 1 is 1.09 bits per heavy atom. The monoisotopic (exact) mass is 346 g/mol. The van der Waals surface area contributed by atoms with E-state index in [9.17, 15) is 0 Å². The first kappa shape index (κ1) is 16.4. The van der Waals surface area contributed by atoms with Crippen molar-refractivity contribution in [2.45, 2.75) is 25.4 Å². The molecule has 2 aromatic rings. The van der Waals surface area contributed by atoms with Crippen LogP contribution in [-0.4, -0.2) is 24.7 Å². The molecule has 3 N–H and O–H groups in total. The third-order valence-corrected chi connectivity index (χ3v) is 5.66. The predicted molar refractivity (Wildman–Crippen MR) is 101 cm³/mol. The van der Waals surface area contributed by atoms with E-state index >= 15 is 0 Å². The summed E-state index contributed by atoms with van der Waals surface area (Å²) in [7, 11) is 0. The highest BCUT2D eigenvalue weighted by atomic mass is 32.1. The quantitative estimate of drug-likeness (QED) is 0.700. The largest absolute Gasteiger partial charge is 0.359 e. The molecule has 0 bridgehead atoms. The molecule has 1 aromatic carbocycles. The van der Waals surface area contributed by atoms with Crippen molar-refractivity contribution in [2.24, 2.45) is 0 Å². The average molecular weight is 347 g/mol. The average Bonchev–Trinajstić information content (AvgIpc) is 3.28. The van der Waals surface area contributed by atoms with E-state index in [1.165, 1.54) is 36.4 Å². The van der Waals surface area contributed by atoms with Gasteiger partial charge in [-0.2, -0.15) is 0 Å². The van der Waals surface area contributed by atoms with Gasteiger partial charge in [-0.15, -0.1) is 11.3 Å². The van der Waals surface area contributed by atoms with Gasteiger partial charge in [0, 0.05) is 19.4 Å². The Labute approximate surface area is 147 Å². The Balaban J connectivity index is 1.51. The van der Waals surface area contributed by atoms with Gasteiger partial charge in [0.1, 0.15) is 6.04 Å². The second kappa shape index (κ2) is 8.43. The topological polar surface area (TPSA) is 28.5 Å². The molecule has 1 fully saturated rings. The summed E-state index contributed by atoms with van der Waals surface area (Å²) in [5, 5.41) is 9.64. The number of hydrogen-bond donors (Lipinski definition) is 3. The van der Waals surface area contributed by atoms with Gasteiger partial charge in [0.15, 0.2) is 5.11 Å². The van der Waals surface area contributed by atoms with E-state index < -0.39 is 0 Å². The molecule has 5 heteroatoms. The van der Waals surface area contributed by atoms with E-state index in [2.05, 4.69) is 52.4 Å². The number of thiophene rings is 1. The molecular weight excluding hydrogens is 322 g/mol. The van der Waals surface area contributed by atoms with Gasteiger partial charge in [-0.3, -0.25) is 0 Å². The molecule has 1 aliphatic rings. The molecule has 1 atom stereocenters. The second-order valence-corrected chi connectivity index (χ2v) is 7.37. The Kier molecular flexibility index (Phi) is 6.02. The van der Waals surface area contributed by atoms with Gasteiger partial charge in [-0.25, -0.2) is 0 Å². The minimum absolute atomic E-state index is 0.508. The maximum absolute atomic E-state index is 5.45. The lowest BCUT2D eigenvalue weighted by molar-refractivity contribution is -0.918. The highest BCUT2D eigenvalue weighted by molar-refractivity contribution is 7.80. The van der Waals surface area contributed by atoms with Gasteiger partial charge >= 0.3 is 0 Å². The summed E-state index contributed by atoms with van der Waals surface area (Å²) in [6.07, 6.45) is 2.68. The molecule has 3 nitrogen and oxygen atoms in total. The predicted octanol–water partition coefficient (Wildman–Crippen LogP) is 2.13. The highest BCUT2D eigenvalue weighted by Crippen LogP contribution is 2.17. The van der Waals surface area contributed by atoms with Crippen LogP contribution in [0.2, 0.25) is 0 Å². The first-order valence-corrected chi connectivity index (χ1v) is 9.55. The zero-order chi connectivity index (χ0) is 15.9. The van der Waals surface area contributed by atoms with Crippen molar-refractivity contribution in [3.8, 4) is 0 Å². The number of thiocarbonyl (C=S) groups is 1. The second-order valence-electron chi connectivity index (χ2n) is 5.98. The van der Waals surface area contributed by atoms with Crippen molar-refractivity contribution in [1.29, 1.82) is 0 Å². The minimum atomic E-state index is 0.508. The molecule has 2 heterocycles. The summed E-state index contributed by atoms with van der Waals surface area (Å²) in [5.41, 5.74) is 1.25. The van der Waals surface area contributed by atoms with Crippen LogP contribution in [0, 0.1) is 0 Å². The lowest BCUT2D eigenvalue weighted by atomic mass is 10.2. The van der Waals surface area contributed by atoms with E-state index in [4.69, 9.17) is 12.2 Å². The molecule has 0 radical (unpaired) electrons. The van der Waals surface area contributed by atoms with Crippen LogP contribution < -0.4 is 15.5 Å². The van der Waals surface area contributed by atoms with Crippen molar-refractivity contribution < 1.29 is 4.90 Å². The fourth-order valence-electron chi connectivity index (χ4n) is 3.15. The number of hydrogen-bond acceptors (Lipinski definition) is 2. The molecule has 23 heavy (non-hydrogen) atoms. The van der Waals surface area contributed by atoms with Crippen molar-refractivity contribution in [2.75, 3.05) is 19.6 Å². The molecule has 122 valence electrons. The molecule has 0 aliphatic carbocycles. The van der Waals surface area contributed by atoms with Crippen molar-refractivity contribution in [1.82, 2.24) is 10.6 Å². The molecule has 3 rings (SSSR count). The van der Waals surface area contributed by atoms with Crippen LogP contribution in [0.3, 0.4) is 0 Å². The summed E-state index contributed by atoms with van der Waals surface area (Å²) in [6.45, 7) is 4.21. The Hall–Kier alpha value is -1.43. The summed E-state index contributed by atoms with van der Waals surface area (Å²) in [4.78, 5) is 3.14. The molecule has 1 saturated heterocycles. The van der Waals surface area contributed by atoms with Crippen LogP contribution in [0.1, 0.15) is 29.3 Å². The summed E-state index contributed by atoms with van der Waals surface area (Å²) in [6, 6.07) is 15.3. The first-order chi connectivity index (χ1) is 11.3. The third kappa shape index (κ3) is 4.77. The smallest absolute Gasteiger partial charge is 0.166 e. The SMILES string of the molecule is S=C(NCc1ccccc1)NC[C@@H](c1cccs1)[NH+]1CCCC1. The standard InChI is InChI=1S/C18H23N3S2/c22-18(19-13-15-7-2-1-3-8-15)20-14-16(17-9-6-12-23-17)21-10-4-5-11-21/h1-3,6-9,12,16H,4-5,10-11,13-14H2,(H2,19,20,22)/p+1/t16-/m0/s1. The van der Waals surface area contributed by atoms with Crippen molar-refractivity contribution in [3.05, 3.63) is 58.3 Å². The van der Waals surface area contributed by atoms with Gasteiger partial charge in [0.2, 0.25) is 0 Å². The summed E-state index contributed by atoms with van der Waals surface area (Å²) < 4.78 is 0. The minimum Gasteiger partial charge on any atom is -0.359 e. The summed E-state index contributed by atoms with van der Waals surface area (Å²) in [5.74, 6) is 0. The molecule has 0 spiro atoms. The Morgan fingerprint density at radius 2 is 1.87 bits per heavy atom. The van der Waals surface area contributed by atoms with Gasteiger partial charge in [-0.05, 0) is 29.2 Å². The van der Waals surface area contributed by atoms with Crippen LogP contribution in [0.4, 0.5) is 0 Å². The number of nitrogens with one attached hydrogen (secondary N) is 3. The number of likely N-dealkylation sites (tertiary alicyclic amines) is 1. The van der Waals surface area contributed by atoms with Crippen molar-refractivity contribution >= 4 is 28.7 Å². The van der Waals surface area contributed by atoms with E-state index in [0.717, 1.165) is 18.2 Å². The van der Waals surface area contributed by atoms with Gasteiger partial charge < -0.3 is 15.5 Å². The highest BCUT2D eigenvalue weighted by Gasteiger charge is 2.28. The van der Waals surface area contributed by atoms with E-state index in [1.807, 2.05) is 17.4 Å². The number of benzene rings is 1. The normalized spacial score (nSPS) is 16.2. The van der Waals surface area contributed by atoms with Gasteiger partial charge in [-0.1, -0.05) is 36.4 Å². The van der Waals surface area contributed by atoms with Gasteiger partial charge in [0.25, 0.3) is 0 Å². The maximum atomic E-state index is 5.45. The third-order valence-electron chi connectivity index (χ3n) is 4.39. The zero-order valence-electron chi connectivity index (χ0n) is 13.3. The lowest BCUT2D eigenvalue weighted by Gasteiger charge is -2.24. The lowest BCUT2D eigenvalue weighted by Crippen LogP contribution is -3.11. The number of quaternary nitrogens is 1. The fourth-order valence-corrected chi connectivity index (χ4v) is 4.19. The molecule has 1 aliphatic heterocycles. The van der Waals surface area contributed by atoms with E-state index in [0.29, 0.717) is 6.04 Å². The van der Waals surface area contributed by atoms with Crippen LogP contribution in [-0.2, 0) is 6.54 Å². The molecular formula is C18H24N3S2+. The molecule has 1 aromatic heterocycles. The van der Waals surface area contributed by atoms with Gasteiger partial charge in [0.05, 0.1) is 24.5 Å². The van der Waals surface area contributed by atoms with E-state index in [-0.39, 0.29) is 0 Å². The number of rotatable bonds is 6. The Bertz CT molecular complexity index is 592. The van der Waals surface area contributed by atoms with Crippen LogP contribution >= 0.6 is 23.6 Å². The molecule has 0 saturated carbocycles. The molecule has 0 amide bonds. The van der Waals surface area contributed by atoms with Crippen molar-refractivity contribution in [3.63, 3.8) is 0 Å². The molecule has 0 unspecified atom stereocenters. The van der Waals surface area contributed by atoms with E-state index in [1.54, 1.807) is 4.90 Å². The maximum Gasteiger partial charge on any atom is 0.166 e. The van der Waals surface area contributed by atoms with Crippen LogP contribution in [0.25, 0.3) is 0 Å². The van der Waals surface area contributed by atoms with Crippen LogP contribution in [0.15, 0.2) is 47.8 Å². The fraction of sp³-hybridized carbons (Fsp3) is 0.389. The first-order valence-electron chi connectivity index (χ1n) is 8.26. The van der Waals surface area contributed by atoms with Crippen LogP contribution in [0.5, 0.6) is 0 Å². The summed E-state index contributed by atoms with van der Waals surface area (Å²) >= 11 is 7.30.